The summed E-state index contributed by atoms with van der Waals surface area (Å²) in [5.41, 5.74) is 2.09. The molecule has 21 heavy (non-hydrogen) atoms. The van der Waals surface area contributed by atoms with E-state index in [2.05, 4.69) is 30.9 Å². The summed E-state index contributed by atoms with van der Waals surface area (Å²) in [6.07, 6.45) is 1.84. The van der Waals surface area contributed by atoms with Crippen LogP contribution in [-0.4, -0.2) is 26.6 Å². The van der Waals surface area contributed by atoms with Gasteiger partial charge in [-0.05, 0) is 23.6 Å². The van der Waals surface area contributed by atoms with E-state index in [4.69, 9.17) is 0 Å². The lowest BCUT2D eigenvalue weighted by Crippen LogP contribution is -2.05. The molecular formula is C15H13N5S. The summed E-state index contributed by atoms with van der Waals surface area (Å²) in [4.78, 5) is 14.7. The topological polar surface area (TPSA) is 55.6 Å². The highest BCUT2D eigenvalue weighted by molar-refractivity contribution is 7.16. The van der Waals surface area contributed by atoms with Gasteiger partial charge >= 0.3 is 0 Å². The third-order valence-corrected chi connectivity index (χ3v) is 4.25. The highest BCUT2D eigenvalue weighted by Crippen LogP contribution is 2.25. The molecule has 0 aliphatic heterocycles. The van der Waals surface area contributed by atoms with E-state index in [0.717, 1.165) is 32.9 Å². The van der Waals surface area contributed by atoms with Gasteiger partial charge in [0.25, 0.3) is 0 Å². The number of nitrogens with zero attached hydrogens (tertiary/aromatic N) is 4. The van der Waals surface area contributed by atoms with Crippen molar-refractivity contribution in [2.24, 2.45) is 0 Å². The van der Waals surface area contributed by atoms with Gasteiger partial charge in [0.15, 0.2) is 5.82 Å². The number of benzene rings is 1. The van der Waals surface area contributed by atoms with Crippen molar-refractivity contribution in [1.29, 1.82) is 0 Å². The van der Waals surface area contributed by atoms with Crippen LogP contribution in [0.5, 0.6) is 0 Å². The first kappa shape index (κ1) is 12.3. The van der Waals surface area contributed by atoms with Crippen molar-refractivity contribution in [2.75, 3.05) is 12.4 Å². The molecule has 3 heterocycles. The zero-order valence-corrected chi connectivity index (χ0v) is 12.3. The molecule has 1 aromatic carbocycles. The lowest BCUT2D eigenvalue weighted by atomic mass is 10.3. The fourth-order valence-electron chi connectivity index (χ4n) is 2.45. The quantitative estimate of drug-likeness (QED) is 0.631. The number of hydrogen-bond donors (Lipinski definition) is 1. The van der Waals surface area contributed by atoms with Crippen molar-refractivity contribution in [3.8, 4) is 0 Å². The third-order valence-electron chi connectivity index (χ3n) is 3.45. The Morgan fingerprint density at radius 3 is 3.00 bits per heavy atom. The summed E-state index contributed by atoms with van der Waals surface area (Å²) in [5.74, 6) is 1.66. The van der Waals surface area contributed by atoms with Gasteiger partial charge in [-0.15, -0.1) is 11.3 Å². The highest BCUT2D eigenvalue weighted by atomic mass is 32.1. The van der Waals surface area contributed by atoms with Gasteiger partial charge in [0.2, 0.25) is 0 Å². The van der Waals surface area contributed by atoms with Gasteiger partial charge in [-0.3, -0.25) is 0 Å². The number of fused-ring (bicyclic) bond motifs is 2. The van der Waals surface area contributed by atoms with E-state index in [0.29, 0.717) is 6.54 Å². The van der Waals surface area contributed by atoms with Crippen LogP contribution in [-0.2, 0) is 6.54 Å². The monoisotopic (exact) mass is 295 g/mol. The maximum Gasteiger partial charge on any atom is 0.152 e. The molecule has 0 spiro atoms. The van der Waals surface area contributed by atoms with Crippen molar-refractivity contribution < 1.29 is 0 Å². The van der Waals surface area contributed by atoms with Crippen LogP contribution in [0.15, 0.2) is 42.0 Å². The Bertz CT molecular complexity index is 924. The molecule has 0 saturated heterocycles. The average molecular weight is 295 g/mol. The number of para-hydroxylation sites is 2. The average Bonchev–Trinajstić information content (AvgIpc) is 3.14. The normalized spacial score (nSPS) is 11.3. The maximum absolute atomic E-state index is 4.64. The van der Waals surface area contributed by atoms with Crippen LogP contribution in [0.1, 0.15) is 5.82 Å². The van der Waals surface area contributed by atoms with Crippen LogP contribution in [0, 0.1) is 0 Å². The van der Waals surface area contributed by atoms with E-state index in [9.17, 15) is 0 Å². The molecule has 0 saturated carbocycles. The minimum absolute atomic E-state index is 0.614. The molecule has 0 aliphatic rings. The van der Waals surface area contributed by atoms with Crippen molar-refractivity contribution in [3.05, 3.63) is 47.9 Å². The molecule has 3 aromatic heterocycles. The summed E-state index contributed by atoms with van der Waals surface area (Å²) in [7, 11) is 1.88. The third kappa shape index (κ3) is 2.04. The molecule has 0 bridgehead atoms. The van der Waals surface area contributed by atoms with Crippen LogP contribution < -0.4 is 5.32 Å². The molecule has 0 unspecified atom stereocenters. The Hall–Kier alpha value is -2.47. The smallest absolute Gasteiger partial charge is 0.152 e. The Labute approximate surface area is 125 Å². The molecular weight excluding hydrogens is 282 g/mol. The maximum atomic E-state index is 4.64. The number of imidazole rings is 1. The minimum atomic E-state index is 0.614. The van der Waals surface area contributed by atoms with E-state index >= 15 is 0 Å². The minimum Gasteiger partial charge on any atom is -0.372 e. The van der Waals surface area contributed by atoms with Gasteiger partial charge in [0.1, 0.15) is 10.6 Å². The predicted molar refractivity (Wildman–Crippen MR) is 85.8 cm³/mol. The lowest BCUT2D eigenvalue weighted by molar-refractivity contribution is 0.771. The number of rotatable bonds is 3. The van der Waals surface area contributed by atoms with Gasteiger partial charge in [-0.25, -0.2) is 15.0 Å². The largest absolute Gasteiger partial charge is 0.372 e. The first-order valence-electron chi connectivity index (χ1n) is 6.67. The molecule has 0 fully saturated rings. The standard InChI is InChI=1S/C15H13N5S/c1-16-14-10-6-7-21-15(10)19-13(18-14)8-20-9-17-11-4-2-3-5-12(11)20/h2-7,9H,8H2,1H3,(H,16,18,19). The summed E-state index contributed by atoms with van der Waals surface area (Å²) in [6.45, 7) is 0.614. The molecule has 4 aromatic rings. The Kier molecular flexibility index (Phi) is 2.82. The highest BCUT2D eigenvalue weighted by Gasteiger charge is 2.09. The zero-order chi connectivity index (χ0) is 14.2. The predicted octanol–water partition coefficient (Wildman–Crippen LogP) is 3.13. The summed E-state index contributed by atoms with van der Waals surface area (Å²) < 4.78 is 2.07. The molecule has 4 rings (SSSR count). The van der Waals surface area contributed by atoms with Crippen LogP contribution in [0.3, 0.4) is 0 Å². The molecule has 5 nitrogen and oxygen atoms in total. The van der Waals surface area contributed by atoms with Crippen LogP contribution >= 0.6 is 11.3 Å². The molecule has 0 aliphatic carbocycles. The van der Waals surface area contributed by atoms with Crippen molar-refractivity contribution in [2.45, 2.75) is 6.54 Å². The molecule has 0 atom stereocenters. The van der Waals surface area contributed by atoms with E-state index in [1.807, 2.05) is 43.0 Å². The zero-order valence-electron chi connectivity index (χ0n) is 11.4. The number of thiophene rings is 1. The molecule has 1 N–H and O–H groups in total. The van der Waals surface area contributed by atoms with Crippen molar-refractivity contribution in [1.82, 2.24) is 19.5 Å². The summed E-state index contributed by atoms with van der Waals surface area (Å²) in [6, 6.07) is 10.1. The first-order valence-corrected chi connectivity index (χ1v) is 7.55. The van der Waals surface area contributed by atoms with Crippen LogP contribution in [0.2, 0.25) is 0 Å². The number of aromatic nitrogens is 4. The second-order valence-corrected chi connectivity index (χ2v) is 5.63. The van der Waals surface area contributed by atoms with Gasteiger partial charge < -0.3 is 9.88 Å². The Morgan fingerprint density at radius 2 is 2.10 bits per heavy atom. The Balaban J connectivity index is 1.80. The van der Waals surface area contributed by atoms with E-state index < -0.39 is 0 Å². The lowest BCUT2D eigenvalue weighted by Gasteiger charge is -2.07. The van der Waals surface area contributed by atoms with E-state index in [-0.39, 0.29) is 0 Å². The fraction of sp³-hybridized carbons (Fsp3) is 0.133. The fourth-order valence-corrected chi connectivity index (χ4v) is 3.23. The van der Waals surface area contributed by atoms with E-state index in [1.54, 1.807) is 11.3 Å². The molecule has 104 valence electrons. The summed E-state index contributed by atoms with van der Waals surface area (Å²) in [5, 5.41) is 6.25. The number of hydrogen-bond acceptors (Lipinski definition) is 5. The second kappa shape index (κ2) is 4.82. The second-order valence-electron chi connectivity index (χ2n) is 4.74. The number of anilines is 1. The van der Waals surface area contributed by atoms with Crippen LogP contribution in [0.4, 0.5) is 5.82 Å². The van der Waals surface area contributed by atoms with Crippen molar-refractivity contribution in [3.63, 3.8) is 0 Å². The van der Waals surface area contributed by atoms with Gasteiger partial charge in [-0.2, -0.15) is 0 Å². The van der Waals surface area contributed by atoms with Gasteiger partial charge in [-0.1, -0.05) is 12.1 Å². The van der Waals surface area contributed by atoms with Gasteiger partial charge in [0, 0.05) is 7.05 Å². The molecule has 0 amide bonds. The van der Waals surface area contributed by atoms with Crippen LogP contribution in [0.25, 0.3) is 21.3 Å². The first-order chi connectivity index (χ1) is 10.3. The molecule has 0 radical (unpaired) electrons. The number of nitrogens with one attached hydrogen (secondary N) is 1. The Morgan fingerprint density at radius 1 is 1.19 bits per heavy atom. The summed E-state index contributed by atoms with van der Waals surface area (Å²) >= 11 is 1.63. The van der Waals surface area contributed by atoms with Gasteiger partial charge in [0.05, 0.1) is 29.3 Å². The van der Waals surface area contributed by atoms with Crippen molar-refractivity contribution >= 4 is 38.4 Å². The SMILES string of the molecule is CNc1nc(Cn2cnc3ccccc32)nc2sccc12. The molecule has 6 heteroatoms. The van der Waals surface area contributed by atoms with E-state index in [1.165, 1.54) is 0 Å².